The van der Waals surface area contributed by atoms with Crippen LogP contribution in [0.5, 0.6) is 0 Å². The molecule has 0 aliphatic carbocycles. The Balaban J connectivity index is 2.78. The van der Waals surface area contributed by atoms with Crippen molar-refractivity contribution < 1.29 is 26.3 Å². The van der Waals surface area contributed by atoms with E-state index in [1.165, 1.54) is 6.07 Å². The molecule has 132 valence electrons. The topological polar surface area (TPSA) is 34.0 Å². The molecule has 3 nitrogen and oxygen atoms in total. The van der Waals surface area contributed by atoms with Gasteiger partial charge in [-0.1, -0.05) is 0 Å². The number of nitrogens with zero attached hydrogens (tertiary/aromatic N) is 1. The second kappa shape index (κ2) is 6.03. The highest BCUT2D eigenvalue weighted by Crippen LogP contribution is 2.35. The summed E-state index contributed by atoms with van der Waals surface area (Å²) in [5.41, 5.74) is -2.70. The van der Waals surface area contributed by atoms with E-state index in [0.717, 1.165) is 12.1 Å². The molecule has 0 unspecified atom stereocenters. The molecular weight excluding hydrogens is 338 g/mol. The van der Waals surface area contributed by atoms with Gasteiger partial charge in [0.2, 0.25) is 0 Å². The van der Waals surface area contributed by atoms with Gasteiger partial charge in [-0.05, 0) is 32.0 Å². The number of aromatic nitrogens is 1. The minimum atomic E-state index is -4.86. The van der Waals surface area contributed by atoms with E-state index >= 15 is 0 Å². The molecule has 9 heteroatoms. The van der Waals surface area contributed by atoms with Crippen molar-refractivity contribution in [3.8, 4) is 0 Å². The van der Waals surface area contributed by atoms with Gasteiger partial charge in [-0.3, -0.25) is 9.36 Å². The average Bonchev–Trinajstić information content (AvgIpc) is 2.38. The monoisotopic (exact) mass is 352 g/mol. The first-order chi connectivity index (χ1) is 10.9. The van der Waals surface area contributed by atoms with E-state index < -0.39 is 40.9 Å². The second-order valence-electron chi connectivity index (χ2n) is 5.63. The summed E-state index contributed by atoms with van der Waals surface area (Å²) in [4.78, 5) is 11.8. The van der Waals surface area contributed by atoms with Crippen molar-refractivity contribution in [2.24, 2.45) is 0 Å². The van der Waals surface area contributed by atoms with Gasteiger partial charge in [0.15, 0.2) is 0 Å². The van der Waals surface area contributed by atoms with Crippen molar-refractivity contribution in [1.29, 1.82) is 0 Å². The summed E-state index contributed by atoms with van der Waals surface area (Å²) in [7, 11) is 0. The van der Waals surface area contributed by atoms with Crippen LogP contribution in [-0.2, 0) is 12.7 Å². The Hall–Kier alpha value is -2.19. The fraction of sp³-hybridized carbons (Fsp3) is 0.400. The van der Waals surface area contributed by atoms with Gasteiger partial charge in [0.05, 0.1) is 11.1 Å². The molecule has 2 aromatic rings. The average molecular weight is 352 g/mol. The smallest absolute Gasteiger partial charge is 0.383 e. The molecule has 0 saturated heterocycles. The molecule has 2 rings (SSSR count). The van der Waals surface area contributed by atoms with Crippen LogP contribution in [0.3, 0.4) is 0 Å². The Morgan fingerprint density at radius 2 is 1.71 bits per heavy atom. The number of rotatable bonds is 3. The maximum atomic E-state index is 13.2. The van der Waals surface area contributed by atoms with E-state index in [0.29, 0.717) is 10.3 Å². The van der Waals surface area contributed by atoms with Crippen LogP contribution in [0.25, 0.3) is 10.9 Å². The lowest BCUT2D eigenvalue weighted by atomic mass is 10.1. The number of pyridine rings is 1. The summed E-state index contributed by atoms with van der Waals surface area (Å²) in [6.07, 6.45) is -9.59. The van der Waals surface area contributed by atoms with Crippen LogP contribution in [0, 0.1) is 0 Å². The van der Waals surface area contributed by atoms with Crippen LogP contribution in [0.2, 0.25) is 0 Å². The Kier molecular flexibility index (Phi) is 4.56. The van der Waals surface area contributed by atoms with Crippen molar-refractivity contribution in [1.82, 2.24) is 4.57 Å². The minimum absolute atomic E-state index is 0.0853. The van der Waals surface area contributed by atoms with Crippen molar-refractivity contribution in [3.63, 3.8) is 0 Å². The molecule has 1 aromatic heterocycles. The Labute approximate surface area is 132 Å². The molecule has 0 aliphatic rings. The van der Waals surface area contributed by atoms with E-state index in [1.807, 2.05) is 0 Å². The fourth-order valence-corrected chi connectivity index (χ4v) is 2.39. The first-order valence-corrected chi connectivity index (χ1v) is 6.96. The number of benzene rings is 1. The summed E-state index contributed by atoms with van der Waals surface area (Å²) in [5, 5.41) is 2.42. The number of hydrogen-bond donors (Lipinski definition) is 1. The molecule has 0 atom stereocenters. The molecule has 0 aliphatic heterocycles. The maximum Gasteiger partial charge on any atom is 0.417 e. The van der Waals surface area contributed by atoms with Crippen LogP contribution in [0.15, 0.2) is 29.1 Å². The van der Waals surface area contributed by atoms with Crippen LogP contribution in [0.4, 0.5) is 32.0 Å². The SMILES string of the molecule is CC(C)Nc1ccc2c(c1)c(C(F)(F)F)cc(=O)n2CC(F)(F)F. The molecule has 0 spiro atoms. The van der Waals surface area contributed by atoms with Gasteiger partial charge in [-0.15, -0.1) is 0 Å². The quantitative estimate of drug-likeness (QED) is 0.831. The Bertz CT molecular complexity index is 804. The van der Waals surface area contributed by atoms with Crippen LogP contribution >= 0.6 is 0 Å². The first-order valence-electron chi connectivity index (χ1n) is 6.96. The summed E-state index contributed by atoms with van der Waals surface area (Å²) in [6.45, 7) is 1.87. The molecule has 1 heterocycles. The molecule has 0 fully saturated rings. The van der Waals surface area contributed by atoms with Gasteiger partial charge in [0.1, 0.15) is 6.54 Å². The van der Waals surface area contributed by atoms with Gasteiger partial charge in [0.25, 0.3) is 5.56 Å². The van der Waals surface area contributed by atoms with Gasteiger partial charge in [0, 0.05) is 23.2 Å². The van der Waals surface area contributed by atoms with E-state index in [4.69, 9.17) is 0 Å². The molecular formula is C15H14F6N2O. The van der Waals surface area contributed by atoms with Crippen molar-refractivity contribution in [2.45, 2.75) is 38.8 Å². The lowest BCUT2D eigenvalue weighted by Crippen LogP contribution is -2.29. The minimum Gasteiger partial charge on any atom is -0.383 e. The summed E-state index contributed by atoms with van der Waals surface area (Å²) < 4.78 is 77.7. The second-order valence-corrected chi connectivity index (χ2v) is 5.63. The van der Waals surface area contributed by atoms with E-state index in [2.05, 4.69) is 5.32 Å². The van der Waals surface area contributed by atoms with E-state index in [9.17, 15) is 31.1 Å². The normalized spacial score (nSPS) is 12.9. The highest BCUT2D eigenvalue weighted by atomic mass is 19.4. The number of halogens is 6. The number of fused-ring (bicyclic) bond motifs is 1. The number of hydrogen-bond acceptors (Lipinski definition) is 2. The Morgan fingerprint density at radius 3 is 2.21 bits per heavy atom. The lowest BCUT2D eigenvalue weighted by molar-refractivity contribution is -0.140. The molecule has 0 radical (unpaired) electrons. The van der Waals surface area contributed by atoms with Crippen molar-refractivity contribution in [2.75, 3.05) is 5.32 Å². The number of anilines is 1. The highest BCUT2D eigenvalue weighted by Gasteiger charge is 2.35. The first kappa shape index (κ1) is 18.2. The zero-order valence-electron chi connectivity index (χ0n) is 12.7. The Morgan fingerprint density at radius 1 is 1.08 bits per heavy atom. The zero-order valence-corrected chi connectivity index (χ0v) is 12.7. The van der Waals surface area contributed by atoms with Crippen LogP contribution in [0.1, 0.15) is 19.4 Å². The maximum absolute atomic E-state index is 13.2. The third kappa shape index (κ3) is 4.01. The molecule has 0 saturated carbocycles. The van der Waals surface area contributed by atoms with Gasteiger partial charge in [-0.2, -0.15) is 26.3 Å². The van der Waals surface area contributed by atoms with Gasteiger partial charge >= 0.3 is 12.4 Å². The van der Waals surface area contributed by atoms with E-state index in [-0.39, 0.29) is 12.1 Å². The highest BCUT2D eigenvalue weighted by molar-refractivity contribution is 5.86. The standard InChI is InChI=1S/C15H14F6N2O/c1-8(2)22-9-3-4-12-10(5-9)11(15(19,20)21)6-13(24)23(12)7-14(16,17)18/h3-6,8,22H,7H2,1-2H3. The van der Waals surface area contributed by atoms with Crippen LogP contribution in [-0.4, -0.2) is 16.8 Å². The summed E-state index contributed by atoms with van der Waals surface area (Å²) in [5.74, 6) is 0. The number of alkyl halides is 6. The molecule has 24 heavy (non-hydrogen) atoms. The van der Waals surface area contributed by atoms with E-state index in [1.54, 1.807) is 13.8 Å². The van der Waals surface area contributed by atoms with Crippen LogP contribution < -0.4 is 10.9 Å². The number of nitrogens with one attached hydrogen (secondary N) is 1. The third-order valence-electron chi connectivity index (χ3n) is 3.21. The zero-order chi connectivity index (χ0) is 18.3. The molecule has 0 bridgehead atoms. The van der Waals surface area contributed by atoms with Crippen molar-refractivity contribution in [3.05, 3.63) is 40.2 Å². The predicted molar refractivity (Wildman–Crippen MR) is 78.0 cm³/mol. The summed E-state index contributed by atoms with van der Waals surface area (Å²) in [6, 6.07) is 3.65. The predicted octanol–water partition coefficient (Wildman–Crippen LogP) is 4.40. The molecule has 1 N–H and O–H groups in total. The summed E-state index contributed by atoms with van der Waals surface area (Å²) >= 11 is 0. The van der Waals surface area contributed by atoms with Gasteiger partial charge in [-0.25, -0.2) is 0 Å². The third-order valence-corrected chi connectivity index (χ3v) is 3.21. The molecule has 0 amide bonds. The van der Waals surface area contributed by atoms with Crippen molar-refractivity contribution >= 4 is 16.6 Å². The molecule has 1 aromatic carbocycles. The largest absolute Gasteiger partial charge is 0.417 e. The lowest BCUT2D eigenvalue weighted by Gasteiger charge is -2.18. The van der Waals surface area contributed by atoms with Gasteiger partial charge < -0.3 is 5.32 Å². The fourth-order valence-electron chi connectivity index (χ4n) is 2.39.